The summed E-state index contributed by atoms with van der Waals surface area (Å²) in [5, 5.41) is 2.12. The van der Waals surface area contributed by atoms with E-state index in [9.17, 15) is 0 Å². The summed E-state index contributed by atoms with van der Waals surface area (Å²) >= 11 is 1.81. The van der Waals surface area contributed by atoms with Gasteiger partial charge in [0.15, 0.2) is 0 Å². The van der Waals surface area contributed by atoms with Crippen LogP contribution in [0.25, 0.3) is 0 Å². The van der Waals surface area contributed by atoms with E-state index in [0.29, 0.717) is 0 Å². The van der Waals surface area contributed by atoms with Gasteiger partial charge >= 0.3 is 0 Å². The fourth-order valence-corrected chi connectivity index (χ4v) is 2.74. The SMILES string of the molecule is COc1cc(N)cc(CN(C)CCc2cccs2)c1. The minimum Gasteiger partial charge on any atom is -0.497 e. The fourth-order valence-electron chi connectivity index (χ4n) is 2.04. The molecule has 0 fully saturated rings. The number of nitrogens with zero attached hydrogens (tertiary/aromatic N) is 1. The van der Waals surface area contributed by atoms with E-state index >= 15 is 0 Å². The highest BCUT2D eigenvalue weighted by molar-refractivity contribution is 7.09. The molecule has 0 saturated carbocycles. The van der Waals surface area contributed by atoms with Gasteiger partial charge in [-0.15, -0.1) is 11.3 Å². The van der Waals surface area contributed by atoms with Crippen LogP contribution in [0.5, 0.6) is 5.75 Å². The van der Waals surface area contributed by atoms with E-state index in [1.807, 2.05) is 29.5 Å². The molecule has 0 aliphatic carbocycles. The number of thiophene rings is 1. The Hall–Kier alpha value is -1.52. The van der Waals surface area contributed by atoms with Gasteiger partial charge in [0.1, 0.15) is 5.75 Å². The zero-order valence-corrected chi connectivity index (χ0v) is 12.2. The van der Waals surface area contributed by atoms with Crippen LogP contribution in [0.3, 0.4) is 0 Å². The quantitative estimate of drug-likeness (QED) is 0.824. The Morgan fingerprint density at radius 2 is 2.16 bits per heavy atom. The molecular weight excluding hydrogens is 256 g/mol. The van der Waals surface area contributed by atoms with E-state index in [-0.39, 0.29) is 0 Å². The van der Waals surface area contributed by atoms with Crippen molar-refractivity contribution in [2.24, 2.45) is 0 Å². The lowest BCUT2D eigenvalue weighted by Gasteiger charge is -2.17. The fraction of sp³-hybridized carbons (Fsp3) is 0.333. The topological polar surface area (TPSA) is 38.5 Å². The van der Waals surface area contributed by atoms with Crippen LogP contribution in [0.1, 0.15) is 10.4 Å². The first-order chi connectivity index (χ1) is 9.17. The van der Waals surface area contributed by atoms with Crippen molar-refractivity contribution in [1.29, 1.82) is 0 Å². The van der Waals surface area contributed by atoms with Gasteiger partial charge in [0.05, 0.1) is 7.11 Å². The molecule has 102 valence electrons. The van der Waals surface area contributed by atoms with E-state index in [1.54, 1.807) is 7.11 Å². The van der Waals surface area contributed by atoms with E-state index in [4.69, 9.17) is 10.5 Å². The molecule has 0 bridgehead atoms. The van der Waals surface area contributed by atoms with E-state index in [2.05, 4.69) is 29.5 Å². The van der Waals surface area contributed by atoms with E-state index in [1.165, 1.54) is 10.4 Å². The number of anilines is 1. The molecule has 2 N–H and O–H groups in total. The second kappa shape index (κ2) is 6.59. The highest BCUT2D eigenvalue weighted by Crippen LogP contribution is 2.19. The molecule has 1 aromatic heterocycles. The molecule has 0 aliphatic rings. The Morgan fingerprint density at radius 3 is 2.84 bits per heavy atom. The monoisotopic (exact) mass is 276 g/mol. The van der Waals surface area contributed by atoms with Gasteiger partial charge in [-0.3, -0.25) is 0 Å². The second-order valence-electron chi connectivity index (χ2n) is 4.68. The molecule has 0 amide bonds. The molecule has 4 heteroatoms. The minimum absolute atomic E-state index is 0.751. The molecular formula is C15H20N2OS. The smallest absolute Gasteiger partial charge is 0.121 e. The molecule has 0 saturated heterocycles. The number of benzene rings is 1. The Labute approximate surface area is 118 Å². The zero-order valence-electron chi connectivity index (χ0n) is 11.4. The van der Waals surface area contributed by atoms with Crippen LogP contribution in [-0.4, -0.2) is 25.6 Å². The van der Waals surface area contributed by atoms with Crippen LogP contribution in [0.15, 0.2) is 35.7 Å². The molecule has 0 radical (unpaired) electrons. The van der Waals surface area contributed by atoms with Gasteiger partial charge in [-0.05, 0) is 42.6 Å². The van der Waals surface area contributed by atoms with Crippen LogP contribution < -0.4 is 10.5 Å². The molecule has 0 atom stereocenters. The van der Waals surface area contributed by atoms with Gasteiger partial charge in [-0.25, -0.2) is 0 Å². The Kier molecular flexibility index (Phi) is 4.82. The lowest BCUT2D eigenvalue weighted by Crippen LogP contribution is -2.20. The molecule has 1 heterocycles. The third-order valence-electron chi connectivity index (χ3n) is 3.00. The van der Waals surface area contributed by atoms with Crippen molar-refractivity contribution >= 4 is 17.0 Å². The number of rotatable bonds is 6. The van der Waals surface area contributed by atoms with E-state index in [0.717, 1.165) is 30.9 Å². The third kappa shape index (κ3) is 4.26. The average Bonchev–Trinajstić information content (AvgIpc) is 2.88. The van der Waals surface area contributed by atoms with Gasteiger partial charge < -0.3 is 15.4 Å². The third-order valence-corrected chi connectivity index (χ3v) is 3.93. The summed E-state index contributed by atoms with van der Waals surface area (Å²) in [7, 11) is 3.79. The second-order valence-corrected chi connectivity index (χ2v) is 5.71. The number of nitrogen functional groups attached to an aromatic ring is 1. The first-order valence-electron chi connectivity index (χ1n) is 6.32. The zero-order chi connectivity index (χ0) is 13.7. The van der Waals surface area contributed by atoms with Gasteiger partial charge in [-0.2, -0.15) is 0 Å². The number of nitrogens with two attached hydrogens (primary N) is 1. The maximum Gasteiger partial charge on any atom is 0.121 e. The summed E-state index contributed by atoms with van der Waals surface area (Å²) in [4.78, 5) is 3.73. The first-order valence-corrected chi connectivity index (χ1v) is 7.19. The first kappa shape index (κ1) is 13.9. The van der Waals surface area contributed by atoms with Crippen molar-refractivity contribution in [3.63, 3.8) is 0 Å². The molecule has 0 spiro atoms. The summed E-state index contributed by atoms with van der Waals surface area (Å²) in [5.41, 5.74) is 7.80. The van der Waals surface area contributed by atoms with Crippen molar-refractivity contribution in [3.05, 3.63) is 46.2 Å². The van der Waals surface area contributed by atoms with Gasteiger partial charge in [0.2, 0.25) is 0 Å². The molecule has 0 unspecified atom stereocenters. The van der Waals surface area contributed by atoms with Gasteiger partial charge in [-0.1, -0.05) is 6.07 Å². The minimum atomic E-state index is 0.751. The summed E-state index contributed by atoms with van der Waals surface area (Å²) < 4.78 is 5.24. The van der Waals surface area contributed by atoms with Crippen molar-refractivity contribution in [2.45, 2.75) is 13.0 Å². The predicted octanol–water partition coefficient (Wildman–Crippen LogP) is 3.01. The summed E-state index contributed by atoms with van der Waals surface area (Å²) in [6.45, 7) is 1.92. The normalized spacial score (nSPS) is 10.9. The highest BCUT2D eigenvalue weighted by atomic mass is 32.1. The number of likely N-dealkylation sites (N-methyl/N-ethyl adjacent to an activating group) is 1. The summed E-state index contributed by atoms with van der Waals surface area (Å²) in [5.74, 6) is 0.821. The number of methoxy groups -OCH3 is 1. The van der Waals surface area contributed by atoms with Crippen LogP contribution in [-0.2, 0) is 13.0 Å². The highest BCUT2D eigenvalue weighted by Gasteiger charge is 2.04. The molecule has 0 aliphatic heterocycles. The van der Waals surface area contributed by atoms with Crippen molar-refractivity contribution in [1.82, 2.24) is 4.90 Å². The molecule has 19 heavy (non-hydrogen) atoms. The van der Waals surface area contributed by atoms with Gasteiger partial charge in [0.25, 0.3) is 0 Å². The lowest BCUT2D eigenvalue weighted by atomic mass is 10.1. The standard InChI is InChI=1S/C15H20N2OS/c1-17(6-5-15-4-3-7-19-15)11-12-8-13(16)10-14(9-12)18-2/h3-4,7-10H,5-6,11,16H2,1-2H3. The van der Waals surface area contributed by atoms with Crippen LogP contribution in [0.2, 0.25) is 0 Å². The van der Waals surface area contributed by atoms with Crippen LogP contribution >= 0.6 is 11.3 Å². The van der Waals surface area contributed by atoms with E-state index < -0.39 is 0 Å². The Balaban J connectivity index is 1.91. The van der Waals surface area contributed by atoms with Crippen molar-refractivity contribution in [3.8, 4) is 5.75 Å². The maximum absolute atomic E-state index is 5.86. The average molecular weight is 276 g/mol. The molecule has 1 aromatic carbocycles. The summed E-state index contributed by atoms with van der Waals surface area (Å²) in [6.07, 6.45) is 1.09. The largest absolute Gasteiger partial charge is 0.497 e. The number of ether oxygens (including phenoxy) is 1. The molecule has 2 rings (SSSR count). The van der Waals surface area contributed by atoms with Crippen LogP contribution in [0.4, 0.5) is 5.69 Å². The summed E-state index contributed by atoms with van der Waals surface area (Å²) in [6, 6.07) is 10.2. The Morgan fingerprint density at radius 1 is 1.32 bits per heavy atom. The molecule has 2 aromatic rings. The number of hydrogen-bond donors (Lipinski definition) is 1. The Bertz CT molecular complexity index is 511. The lowest BCUT2D eigenvalue weighted by molar-refractivity contribution is 0.331. The molecule has 3 nitrogen and oxygen atoms in total. The van der Waals surface area contributed by atoms with Gasteiger partial charge in [0, 0.05) is 29.7 Å². The van der Waals surface area contributed by atoms with Crippen molar-refractivity contribution < 1.29 is 4.74 Å². The van der Waals surface area contributed by atoms with Crippen molar-refractivity contribution in [2.75, 3.05) is 26.4 Å². The van der Waals surface area contributed by atoms with Crippen LogP contribution in [0, 0.1) is 0 Å². The predicted molar refractivity (Wildman–Crippen MR) is 81.8 cm³/mol. The maximum atomic E-state index is 5.86. The number of hydrogen-bond acceptors (Lipinski definition) is 4.